The normalized spacial score (nSPS) is 15.4. The lowest BCUT2D eigenvalue weighted by Crippen LogP contribution is -2.37. The molecule has 3 heteroatoms. The van der Waals surface area contributed by atoms with Crippen LogP contribution in [0.3, 0.4) is 0 Å². The molecule has 1 aromatic carbocycles. The summed E-state index contributed by atoms with van der Waals surface area (Å²) < 4.78 is 0. The Kier molecular flexibility index (Phi) is 4.43. The molecule has 0 radical (unpaired) electrons. The van der Waals surface area contributed by atoms with E-state index in [2.05, 4.69) is 12.1 Å². The van der Waals surface area contributed by atoms with Gasteiger partial charge in [0.25, 0.3) is 0 Å². The highest BCUT2D eigenvalue weighted by Crippen LogP contribution is 2.27. The zero-order valence-electron chi connectivity index (χ0n) is 9.94. The van der Waals surface area contributed by atoms with Gasteiger partial charge < -0.3 is 4.90 Å². The topological polar surface area (TPSA) is 20.3 Å². The summed E-state index contributed by atoms with van der Waals surface area (Å²) in [6.07, 6.45) is 3.81. The Morgan fingerprint density at radius 3 is 2.53 bits per heavy atom. The fraction of sp³-hybridized carbons (Fsp3) is 0.500. The Labute approximate surface area is 108 Å². The molecule has 0 aromatic heterocycles. The van der Waals surface area contributed by atoms with Gasteiger partial charge in [0, 0.05) is 13.1 Å². The summed E-state index contributed by atoms with van der Waals surface area (Å²) in [5.74, 6) is 0.813. The van der Waals surface area contributed by atoms with E-state index in [1.54, 1.807) is 0 Å². The van der Waals surface area contributed by atoms with Crippen molar-refractivity contribution >= 4 is 17.5 Å². The number of carbonyl (C=O) groups is 1. The Hall–Kier alpha value is -1.02. The van der Waals surface area contributed by atoms with E-state index < -0.39 is 0 Å². The van der Waals surface area contributed by atoms with Crippen LogP contribution in [0.15, 0.2) is 30.3 Å². The van der Waals surface area contributed by atoms with Crippen LogP contribution < -0.4 is 0 Å². The molecule has 1 saturated carbocycles. The van der Waals surface area contributed by atoms with Crippen LogP contribution in [0.5, 0.6) is 0 Å². The van der Waals surface area contributed by atoms with Gasteiger partial charge in [-0.3, -0.25) is 4.79 Å². The van der Waals surface area contributed by atoms with Crippen molar-refractivity contribution in [2.45, 2.75) is 25.8 Å². The molecule has 1 aromatic rings. The first-order valence-corrected chi connectivity index (χ1v) is 6.70. The average Bonchev–Trinajstić information content (AvgIpc) is 2.32. The Morgan fingerprint density at radius 2 is 2.00 bits per heavy atom. The molecule has 0 unspecified atom stereocenters. The third-order valence-electron chi connectivity index (χ3n) is 3.39. The van der Waals surface area contributed by atoms with Gasteiger partial charge in [-0.2, -0.15) is 0 Å². The van der Waals surface area contributed by atoms with Crippen molar-refractivity contribution in [2.75, 3.05) is 12.4 Å². The largest absolute Gasteiger partial charge is 0.337 e. The van der Waals surface area contributed by atoms with E-state index in [0.717, 1.165) is 6.54 Å². The zero-order chi connectivity index (χ0) is 12.1. The number of hydrogen-bond donors (Lipinski definition) is 0. The van der Waals surface area contributed by atoms with Gasteiger partial charge in [0.2, 0.25) is 5.91 Å². The summed E-state index contributed by atoms with van der Waals surface area (Å²) in [6.45, 7) is 1.54. The molecular formula is C14H18ClNO. The van der Waals surface area contributed by atoms with Crippen LogP contribution in [0, 0.1) is 5.92 Å². The van der Waals surface area contributed by atoms with Crippen molar-refractivity contribution in [2.24, 2.45) is 5.92 Å². The lowest BCUT2D eigenvalue weighted by Gasteiger charge is -2.32. The van der Waals surface area contributed by atoms with Gasteiger partial charge in [-0.05, 0) is 24.3 Å². The predicted octanol–water partition coefficient (Wildman–Crippen LogP) is 3.05. The predicted molar refractivity (Wildman–Crippen MR) is 69.9 cm³/mol. The second-order valence-electron chi connectivity index (χ2n) is 4.69. The number of rotatable bonds is 5. The van der Waals surface area contributed by atoms with Gasteiger partial charge in [0.05, 0.1) is 0 Å². The van der Waals surface area contributed by atoms with Crippen molar-refractivity contribution in [3.05, 3.63) is 35.9 Å². The molecule has 17 heavy (non-hydrogen) atoms. The monoisotopic (exact) mass is 251 g/mol. The van der Waals surface area contributed by atoms with E-state index >= 15 is 0 Å². The number of hydrogen-bond acceptors (Lipinski definition) is 1. The molecule has 1 amide bonds. The maximum absolute atomic E-state index is 11.8. The molecule has 0 N–H and O–H groups in total. The van der Waals surface area contributed by atoms with E-state index in [1.807, 2.05) is 23.1 Å². The number of halogens is 1. The molecule has 0 saturated heterocycles. The third-order valence-corrected chi connectivity index (χ3v) is 3.62. The van der Waals surface area contributed by atoms with Crippen LogP contribution in [0.4, 0.5) is 0 Å². The van der Waals surface area contributed by atoms with E-state index in [-0.39, 0.29) is 11.8 Å². The number of nitrogens with zero attached hydrogens (tertiary/aromatic N) is 1. The summed E-state index contributed by atoms with van der Waals surface area (Å²) >= 11 is 5.67. The van der Waals surface area contributed by atoms with Crippen molar-refractivity contribution in [3.8, 4) is 0 Å². The van der Waals surface area contributed by atoms with Gasteiger partial charge in [-0.15, -0.1) is 11.6 Å². The molecule has 92 valence electrons. The standard InChI is InChI=1S/C14H18ClNO/c15-9-14(17)16(11-13-7-4-8-13)10-12-5-2-1-3-6-12/h1-3,5-6,13H,4,7-11H2. The van der Waals surface area contributed by atoms with Crippen LogP contribution in [-0.4, -0.2) is 23.2 Å². The highest BCUT2D eigenvalue weighted by atomic mass is 35.5. The summed E-state index contributed by atoms with van der Waals surface area (Å²) in [5.41, 5.74) is 1.17. The van der Waals surface area contributed by atoms with E-state index in [4.69, 9.17) is 11.6 Å². The molecule has 1 aliphatic carbocycles. The molecule has 2 nitrogen and oxygen atoms in total. The van der Waals surface area contributed by atoms with Gasteiger partial charge in [0.15, 0.2) is 0 Å². The quantitative estimate of drug-likeness (QED) is 0.737. The number of benzene rings is 1. The SMILES string of the molecule is O=C(CCl)N(Cc1ccccc1)CC1CCC1. The Bertz CT molecular complexity index is 362. The molecule has 1 aliphatic rings. The smallest absolute Gasteiger partial charge is 0.237 e. The highest BCUT2D eigenvalue weighted by Gasteiger charge is 2.23. The maximum atomic E-state index is 11.8. The van der Waals surface area contributed by atoms with Crippen molar-refractivity contribution in [3.63, 3.8) is 0 Å². The van der Waals surface area contributed by atoms with E-state index in [9.17, 15) is 4.79 Å². The maximum Gasteiger partial charge on any atom is 0.237 e. The second kappa shape index (κ2) is 6.06. The molecule has 0 atom stereocenters. The molecule has 2 rings (SSSR count). The fourth-order valence-electron chi connectivity index (χ4n) is 2.13. The minimum Gasteiger partial charge on any atom is -0.337 e. The average molecular weight is 252 g/mol. The minimum atomic E-state index is 0.0439. The van der Waals surface area contributed by atoms with Crippen molar-refractivity contribution < 1.29 is 4.79 Å². The summed E-state index contributed by atoms with van der Waals surface area (Å²) in [5, 5.41) is 0. The number of alkyl halides is 1. The Morgan fingerprint density at radius 1 is 1.29 bits per heavy atom. The van der Waals surface area contributed by atoms with Crippen LogP contribution in [0.1, 0.15) is 24.8 Å². The van der Waals surface area contributed by atoms with Gasteiger partial charge in [0.1, 0.15) is 5.88 Å². The third kappa shape index (κ3) is 3.47. The molecular weight excluding hydrogens is 234 g/mol. The first-order chi connectivity index (χ1) is 8.29. The second-order valence-corrected chi connectivity index (χ2v) is 4.96. The molecule has 1 fully saturated rings. The fourth-order valence-corrected chi connectivity index (χ4v) is 2.30. The summed E-state index contributed by atoms with van der Waals surface area (Å²) in [4.78, 5) is 13.7. The Balaban J connectivity index is 1.97. The summed E-state index contributed by atoms with van der Waals surface area (Å²) in [7, 11) is 0. The van der Waals surface area contributed by atoms with Crippen LogP contribution in [0.2, 0.25) is 0 Å². The molecule has 0 aliphatic heterocycles. The van der Waals surface area contributed by atoms with Crippen LogP contribution >= 0.6 is 11.6 Å². The first kappa shape index (κ1) is 12.4. The van der Waals surface area contributed by atoms with E-state index in [0.29, 0.717) is 12.5 Å². The molecule has 0 bridgehead atoms. The highest BCUT2D eigenvalue weighted by molar-refractivity contribution is 6.27. The van der Waals surface area contributed by atoms with Crippen molar-refractivity contribution in [1.82, 2.24) is 4.90 Å². The number of amides is 1. The van der Waals surface area contributed by atoms with Gasteiger partial charge >= 0.3 is 0 Å². The van der Waals surface area contributed by atoms with E-state index in [1.165, 1.54) is 24.8 Å². The lowest BCUT2D eigenvalue weighted by atomic mass is 9.85. The molecule has 0 spiro atoms. The lowest BCUT2D eigenvalue weighted by molar-refractivity contribution is -0.130. The van der Waals surface area contributed by atoms with Gasteiger partial charge in [-0.25, -0.2) is 0 Å². The van der Waals surface area contributed by atoms with Crippen molar-refractivity contribution in [1.29, 1.82) is 0 Å². The van der Waals surface area contributed by atoms with Crippen LogP contribution in [0.25, 0.3) is 0 Å². The molecule has 0 heterocycles. The number of carbonyl (C=O) groups excluding carboxylic acids is 1. The van der Waals surface area contributed by atoms with Crippen LogP contribution in [-0.2, 0) is 11.3 Å². The van der Waals surface area contributed by atoms with Gasteiger partial charge in [-0.1, -0.05) is 36.8 Å². The summed E-state index contributed by atoms with van der Waals surface area (Å²) in [6, 6.07) is 10.1. The minimum absolute atomic E-state index is 0.0439. The first-order valence-electron chi connectivity index (χ1n) is 6.17. The zero-order valence-corrected chi connectivity index (χ0v) is 10.7.